The van der Waals surface area contributed by atoms with Crippen LogP contribution in [0.25, 0.3) is 120 Å². The Labute approximate surface area is 322 Å². The lowest BCUT2D eigenvalue weighted by Gasteiger charge is -2.16. The second-order valence-corrected chi connectivity index (χ2v) is 14.7. The number of aromatic nitrogens is 3. The molecule has 0 amide bonds. The van der Waals surface area contributed by atoms with Crippen LogP contribution in [0.1, 0.15) is 0 Å². The summed E-state index contributed by atoms with van der Waals surface area (Å²) in [4.78, 5) is 14.7. The highest BCUT2D eigenvalue weighted by Gasteiger charge is 2.18. The van der Waals surface area contributed by atoms with Crippen molar-refractivity contribution >= 4 is 86.6 Å². The van der Waals surface area contributed by atoms with E-state index in [9.17, 15) is 0 Å². The van der Waals surface area contributed by atoms with Crippen molar-refractivity contribution < 1.29 is 0 Å². The summed E-state index contributed by atoms with van der Waals surface area (Å²) in [7, 11) is 0. The van der Waals surface area contributed by atoms with E-state index in [0.29, 0.717) is 0 Å². The fraction of sp³-hybridized carbons (Fsp3) is 0. The zero-order chi connectivity index (χ0) is 36.7. The minimum atomic E-state index is 0.934. The average Bonchev–Trinajstić information content (AvgIpc) is 3.28. The van der Waals surface area contributed by atoms with Gasteiger partial charge in [-0.15, -0.1) is 0 Å². The van der Waals surface area contributed by atoms with E-state index in [0.717, 1.165) is 38.6 Å². The van der Waals surface area contributed by atoms with E-state index in [1.54, 1.807) is 0 Å². The molecule has 0 N–H and O–H groups in total. The first-order valence-corrected chi connectivity index (χ1v) is 19.1. The lowest BCUT2D eigenvalue weighted by Crippen LogP contribution is -1.93. The van der Waals surface area contributed by atoms with E-state index in [4.69, 9.17) is 9.97 Å². The van der Waals surface area contributed by atoms with Crippen LogP contribution in [0.3, 0.4) is 0 Å². The van der Waals surface area contributed by atoms with Gasteiger partial charge in [-0.3, -0.25) is 9.97 Å². The molecule has 3 heteroatoms. The van der Waals surface area contributed by atoms with Gasteiger partial charge in [0.2, 0.25) is 0 Å². The first-order valence-electron chi connectivity index (χ1n) is 19.1. The number of benzene rings is 9. The Kier molecular flexibility index (Phi) is 6.63. The van der Waals surface area contributed by atoms with Gasteiger partial charge in [-0.25, -0.2) is 4.98 Å². The molecule has 0 fully saturated rings. The molecule has 0 saturated carbocycles. The molecule has 0 aliphatic carbocycles. The second-order valence-electron chi connectivity index (χ2n) is 14.7. The predicted molar refractivity (Wildman–Crippen MR) is 236 cm³/mol. The quantitative estimate of drug-likeness (QED) is 0.171. The number of pyridine rings is 3. The minimum Gasteiger partial charge on any atom is -0.254 e. The molecule has 12 rings (SSSR count). The fourth-order valence-corrected chi connectivity index (χ4v) is 9.09. The van der Waals surface area contributed by atoms with E-state index >= 15 is 0 Å². The molecule has 0 spiro atoms. The second kappa shape index (κ2) is 12.0. The molecule has 56 heavy (non-hydrogen) atoms. The molecule has 12 aromatic rings. The lowest BCUT2D eigenvalue weighted by molar-refractivity contribution is 1.37. The largest absolute Gasteiger partial charge is 0.254 e. The maximum absolute atomic E-state index is 5.35. The maximum Gasteiger partial charge on any atom is 0.0970 e. The first kappa shape index (κ1) is 30.9. The van der Waals surface area contributed by atoms with Gasteiger partial charge in [0.25, 0.3) is 0 Å². The summed E-state index contributed by atoms with van der Waals surface area (Å²) < 4.78 is 0. The first-order chi connectivity index (χ1) is 27.8. The van der Waals surface area contributed by atoms with E-state index in [1.165, 1.54) is 81.5 Å². The van der Waals surface area contributed by atoms with Gasteiger partial charge in [-0.05, 0) is 102 Å². The highest BCUT2D eigenvalue weighted by molar-refractivity contribution is 6.33. The molecule has 3 aromatic heterocycles. The summed E-state index contributed by atoms with van der Waals surface area (Å²) in [6.45, 7) is 0. The van der Waals surface area contributed by atoms with Crippen molar-refractivity contribution in [2.75, 3.05) is 0 Å². The zero-order valence-electron chi connectivity index (χ0n) is 30.2. The molecule has 3 nitrogen and oxygen atoms in total. The van der Waals surface area contributed by atoms with Crippen LogP contribution in [0.15, 0.2) is 188 Å². The number of rotatable bonds is 3. The topological polar surface area (TPSA) is 38.7 Å². The van der Waals surface area contributed by atoms with Crippen molar-refractivity contribution in [3.63, 3.8) is 0 Å². The Morgan fingerprint density at radius 2 is 0.857 bits per heavy atom. The van der Waals surface area contributed by atoms with Gasteiger partial charge in [0.15, 0.2) is 0 Å². The SMILES string of the molecule is c1cnc2c(c1)cc(-c1ccc3c(ccc4cc(-c5ccc(-c6nc7ccccc7c7c8ccccc8c8ccccc8c67)cc5)ccc43)c1)c1cccnc12. The van der Waals surface area contributed by atoms with Crippen molar-refractivity contribution in [2.45, 2.75) is 0 Å². The average molecular weight is 710 g/mol. The molecule has 258 valence electrons. The Morgan fingerprint density at radius 3 is 1.61 bits per heavy atom. The van der Waals surface area contributed by atoms with Crippen molar-refractivity contribution in [3.05, 3.63) is 188 Å². The molecular formula is C53H31N3. The van der Waals surface area contributed by atoms with Gasteiger partial charge in [0, 0.05) is 44.9 Å². The summed E-state index contributed by atoms with van der Waals surface area (Å²) in [5.74, 6) is 0. The van der Waals surface area contributed by atoms with Crippen molar-refractivity contribution in [3.8, 4) is 33.5 Å². The number of para-hydroxylation sites is 1. The Bertz CT molecular complexity index is 3590. The van der Waals surface area contributed by atoms with Crippen molar-refractivity contribution in [2.24, 2.45) is 0 Å². The fourth-order valence-electron chi connectivity index (χ4n) is 9.09. The number of hydrogen-bond donors (Lipinski definition) is 0. The van der Waals surface area contributed by atoms with E-state index in [-0.39, 0.29) is 0 Å². The molecule has 0 saturated heterocycles. The standard InChI is InChI=1S/C53H31N3/c1-3-12-43-41(10-1)42-11-2-4-13-44(42)50-49(43)46-14-5-6-16-48(46)56-51(50)33-19-17-32(18-20-33)34-23-25-39-35(29-34)21-22-36-30-37(24-26-40(36)39)47-31-38-9-7-27-54-52(38)53-45(47)15-8-28-55-53/h1-31H. The third-order valence-corrected chi connectivity index (χ3v) is 11.7. The molecule has 9 aromatic carbocycles. The summed E-state index contributed by atoms with van der Waals surface area (Å²) in [5.41, 5.74) is 9.71. The molecular weight excluding hydrogens is 679 g/mol. The summed E-state index contributed by atoms with van der Waals surface area (Å²) >= 11 is 0. The third kappa shape index (κ3) is 4.61. The smallest absolute Gasteiger partial charge is 0.0970 e. The van der Waals surface area contributed by atoms with Crippen molar-refractivity contribution in [1.82, 2.24) is 15.0 Å². The van der Waals surface area contributed by atoms with Crippen LogP contribution in [0.4, 0.5) is 0 Å². The molecule has 0 atom stereocenters. The van der Waals surface area contributed by atoms with E-state index in [2.05, 4.69) is 169 Å². The van der Waals surface area contributed by atoms with Gasteiger partial charge in [-0.1, -0.05) is 140 Å². The van der Waals surface area contributed by atoms with Crippen LogP contribution >= 0.6 is 0 Å². The van der Waals surface area contributed by atoms with E-state index in [1.807, 2.05) is 24.5 Å². The molecule has 0 radical (unpaired) electrons. The number of nitrogens with zero attached hydrogens (tertiary/aromatic N) is 3. The number of hydrogen-bond acceptors (Lipinski definition) is 3. The predicted octanol–water partition coefficient (Wildman–Crippen LogP) is 14.1. The summed E-state index contributed by atoms with van der Waals surface area (Å²) in [6, 6.07) is 63.7. The van der Waals surface area contributed by atoms with E-state index < -0.39 is 0 Å². The molecule has 0 aliphatic rings. The van der Waals surface area contributed by atoms with Crippen LogP contribution in [-0.4, -0.2) is 15.0 Å². The normalized spacial score (nSPS) is 11.9. The Morgan fingerprint density at radius 1 is 0.304 bits per heavy atom. The molecule has 0 aliphatic heterocycles. The van der Waals surface area contributed by atoms with Crippen molar-refractivity contribution in [1.29, 1.82) is 0 Å². The highest BCUT2D eigenvalue weighted by Crippen LogP contribution is 2.43. The summed E-state index contributed by atoms with van der Waals surface area (Å²) in [5, 5.41) is 15.8. The summed E-state index contributed by atoms with van der Waals surface area (Å²) in [6.07, 6.45) is 3.69. The Balaban J connectivity index is 0.958. The van der Waals surface area contributed by atoms with Crippen LogP contribution in [0.2, 0.25) is 0 Å². The van der Waals surface area contributed by atoms with Crippen LogP contribution in [0, 0.1) is 0 Å². The van der Waals surface area contributed by atoms with Gasteiger partial charge in [0.05, 0.1) is 22.2 Å². The molecule has 3 heterocycles. The zero-order valence-corrected chi connectivity index (χ0v) is 30.2. The highest BCUT2D eigenvalue weighted by atomic mass is 14.7. The van der Waals surface area contributed by atoms with Crippen LogP contribution in [-0.2, 0) is 0 Å². The maximum atomic E-state index is 5.35. The molecule has 0 unspecified atom stereocenters. The molecule has 0 bridgehead atoms. The van der Waals surface area contributed by atoms with Gasteiger partial charge in [0.1, 0.15) is 0 Å². The lowest BCUT2D eigenvalue weighted by atomic mass is 9.89. The third-order valence-electron chi connectivity index (χ3n) is 11.7. The monoisotopic (exact) mass is 709 g/mol. The van der Waals surface area contributed by atoms with Gasteiger partial charge >= 0.3 is 0 Å². The Hall–Kier alpha value is -7.49. The van der Waals surface area contributed by atoms with Gasteiger partial charge < -0.3 is 0 Å². The van der Waals surface area contributed by atoms with Crippen LogP contribution in [0.5, 0.6) is 0 Å². The minimum absolute atomic E-state index is 0.934. The van der Waals surface area contributed by atoms with Crippen LogP contribution < -0.4 is 0 Å². The number of fused-ring (bicyclic) bond motifs is 14. The van der Waals surface area contributed by atoms with Gasteiger partial charge in [-0.2, -0.15) is 0 Å².